The molecule has 0 atom stereocenters. The average Bonchev–Trinajstić information content (AvgIpc) is 2.33. The Labute approximate surface area is 82.6 Å². The number of aromatic nitrogens is 1. The van der Waals surface area contributed by atoms with Crippen LogP contribution in [0.4, 0.5) is 18.3 Å². The van der Waals surface area contributed by atoms with Crippen molar-refractivity contribution in [3.05, 3.63) is 3.95 Å². The molecule has 0 bridgehead atoms. The lowest BCUT2D eigenvalue weighted by molar-refractivity contribution is -0.167. The molecule has 0 unspecified atom stereocenters. The summed E-state index contributed by atoms with van der Waals surface area (Å²) in [7, 11) is 1.91. The minimum absolute atomic E-state index is 0.127. The Kier molecular flexibility index (Phi) is 2.98. The van der Waals surface area contributed by atoms with Gasteiger partial charge in [0.2, 0.25) is 5.13 Å². The Balaban J connectivity index is 2.71. The molecule has 3 nitrogen and oxygen atoms in total. The minimum Gasteiger partial charge on any atom is -0.293 e. The Morgan fingerprint density at radius 1 is 1.46 bits per heavy atom. The summed E-state index contributed by atoms with van der Waals surface area (Å²) in [5.41, 5.74) is 0. The number of anilines is 1. The first-order valence-corrected chi connectivity index (χ1v) is 5.31. The number of halogens is 3. The molecule has 0 fully saturated rings. The average molecular weight is 246 g/mol. The van der Waals surface area contributed by atoms with Gasteiger partial charge >= 0.3 is 12.1 Å². The highest BCUT2D eigenvalue weighted by molar-refractivity contribution is 7.79. The predicted molar refractivity (Wildman–Crippen MR) is 45.5 cm³/mol. The molecular weight excluding hydrogens is 245 g/mol. The first-order valence-electron chi connectivity index (χ1n) is 2.75. The van der Waals surface area contributed by atoms with Crippen molar-refractivity contribution in [2.45, 2.75) is 6.18 Å². The Bertz CT molecular complexity index is 367. The van der Waals surface area contributed by atoms with Crippen molar-refractivity contribution >= 4 is 43.9 Å². The minimum atomic E-state index is -4.89. The first kappa shape index (κ1) is 10.5. The Hall–Kier alpha value is -0.540. The molecule has 1 aromatic heterocycles. The molecule has 1 aromatic rings. The van der Waals surface area contributed by atoms with E-state index >= 15 is 0 Å². The second kappa shape index (κ2) is 3.68. The SMILES string of the molecule is O=C(Nc1nc(=S)ss1)C(F)(F)F. The Morgan fingerprint density at radius 3 is 2.46 bits per heavy atom. The summed E-state index contributed by atoms with van der Waals surface area (Å²) in [5, 5.41) is 1.46. The number of rotatable bonds is 1. The molecule has 13 heavy (non-hydrogen) atoms. The molecule has 1 N–H and O–H groups in total. The van der Waals surface area contributed by atoms with E-state index in [2.05, 4.69) is 17.2 Å². The summed E-state index contributed by atoms with van der Waals surface area (Å²) in [6, 6.07) is 0. The fourth-order valence-electron chi connectivity index (χ4n) is 0.412. The highest BCUT2D eigenvalue weighted by Gasteiger charge is 2.39. The van der Waals surface area contributed by atoms with Crippen molar-refractivity contribution in [3.8, 4) is 0 Å². The maximum atomic E-state index is 11.7. The van der Waals surface area contributed by atoms with E-state index in [1.807, 2.05) is 0 Å². The standard InChI is InChI=1S/C4HF3N2OS3/c5-4(6,7)1(10)8-2-9-3(11)13-12-2/h(H,8,9,10,11). The van der Waals surface area contributed by atoms with Crippen molar-refractivity contribution in [1.82, 2.24) is 4.98 Å². The van der Waals surface area contributed by atoms with Gasteiger partial charge in [-0.1, -0.05) is 0 Å². The normalized spacial score (nSPS) is 11.3. The molecule has 1 amide bonds. The number of carbonyl (C=O) groups excluding carboxylic acids is 1. The maximum Gasteiger partial charge on any atom is 0.471 e. The zero-order valence-electron chi connectivity index (χ0n) is 5.71. The van der Waals surface area contributed by atoms with E-state index in [9.17, 15) is 18.0 Å². The van der Waals surface area contributed by atoms with Crippen LogP contribution in [0.25, 0.3) is 0 Å². The molecule has 1 rings (SSSR count). The molecule has 9 heteroatoms. The smallest absolute Gasteiger partial charge is 0.293 e. The van der Waals surface area contributed by atoms with Crippen molar-refractivity contribution in [2.24, 2.45) is 0 Å². The molecule has 0 aliphatic rings. The van der Waals surface area contributed by atoms with Gasteiger partial charge in [-0.05, 0) is 32.9 Å². The van der Waals surface area contributed by atoms with Crippen LogP contribution in [-0.4, -0.2) is 17.1 Å². The van der Waals surface area contributed by atoms with Gasteiger partial charge < -0.3 is 0 Å². The highest BCUT2D eigenvalue weighted by Crippen LogP contribution is 2.22. The van der Waals surface area contributed by atoms with Crippen LogP contribution in [0.15, 0.2) is 0 Å². The number of hydrogen-bond acceptors (Lipinski definition) is 5. The lowest BCUT2D eigenvalue weighted by atomic mass is 10.6. The number of nitrogens with zero attached hydrogens (tertiary/aromatic N) is 1. The highest BCUT2D eigenvalue weighted by atomic mass is 32.9. The summed E-state index contributed by atoms with van der Waals surface area (Å²) in [5.74, 6) is -2.04. The van der Waals surface area contributed by atoms with Crippen LogP contribution >= 0.6 is 32.9 Å². The summed E-state index contributed by atoms with van der Waals surface area (Å²) in [4.78, 5) is 13.8. The third-order valence-electron chi connectivity index (χ3n) is 0.863. The third kappa shape index (κ3) is 3.01. The maximum absolute atomic E-state index is 11.7. The van der Waals surface area contributed by atoms with Crippen LogP contribution in [0.1, 0.15) is 0 Å². The molecule has 0 aromatic carbocycles. The van der Waals surface area contributed by atoms with Crippen LogP contribution in [0.3, 0.4) is 0 Å². The second-order valence-corrected chi connectivity index (χ2v) is 4.55. The van der Waals surface area contributed by atoms with Gasteiger partial charge in [-0.25, -0.2) is 0 Å². The molecule has 0 aliphatic carbocycles. The topological polar surface area (TPSA) is 42.0 Å². The van der Waals surface area contributed by atoms with Gasteiger partial charge in [-0.3, -0.25) is 10.1 Å². The number of amides is 1. The summed E-state index contributed by atoms with van der Waals surface area (Å²) < 4.78 is 35.2. The zero-order valence-corrected chi connectivity index (χ0v) is 8.16. The van der Waals surface area contributed by atoms with Gasteiger partial charge in [0.15, 0.2) is 3.95 Å². The van der Waals surface area contributed by atoms with Crippen LogP contribution in [0.5, 0.6) is 0 Å². The van der Waals surface area contributed by atoms with Gasteiger partial charge in [-0.2, -0.15) is 18.2 Å². The van der Waals surface area contributed by atoms with Gasteiger partial charge in [0.05, 0.1) is 0 Å². The van der Waals surface area contributed by atoms with Crippen molar-refractivity contribution in [2.75, 3.05) is 5.32 Å². The van der Waals surface area contributed by atoms with Gasteiger partial charge in [0, 0.05) is 0 Å². The van der Waals surface area contributed by atoms with Crippen LogP contribution in [0.2, 0.25) is 0 Å². The fraction of sp³-hybridized carbons (Fsp3) is 0.250. The van der Waals surface area contributed by atoms with E-state index in [0.717, 1.165) is 20.7 Å². The van der Waals surface area contributed by atoms with Crippen molar-refractivity contribution in [3.63, 3.8) is 0 Å². The van der Waals surface area contributed by atoms with Crippen LogP contribution in [-0.2, 0) is 4.79 Å². The molecular formula is C4HF3N2OS3. The van der Waals surface area contributed by atoms with Crippen LogP contribution < -0.4 is 5.32 Å². The fourth-order valence-corrected chi connectivity index (χ4v) is 2.27. The van der Waals surface area contributed by atoms with Crippen LogP contribution in [0, 0.1) is 3.95 Å². The van der Waals surface area contributed by atoms with E-state index < -0.39 is 12.1 Å². The number of nitrogens with one attached hydrogen (secondary N) is 1. The van der Waals surface area contributed by atoms with E-state index in [1.165, 1.54) is 0 Å². The zero-order chi connectivity index (χ0) is 10.1. The number of carbonyl (C=O) groups is 1. The third-order valence-corrected chi connectivity index (χ3v) is 3.39. The Morgan fingerprint density at radius 2 is 2.08 bits per heavy atom. The van der Waals surface area contributed by atoms with E-state index in [4.69, 9.17) is 0 Å². The van der Waals surface area contributed by atoms with Gasteiger partial charge in [-0.15, -0.1) is 0 Å². The number of hydrogen-bond donors (Lipinski definition) is 1. The summed E-state index contributed by atoms with van der Waals surface area (Å²) >= 11 is 4.56. The van der Waals surface area contributed by atoms with E-state index in [0.29, 0.717) is 0 Å². The molecule has 0 saturated heterocycles. The molecule has 0 saturated carbocycles. The molecule has 0 spiro atoms. The lowest BCUT2D eigenvalue weighted by Crippen LogP contribution is -2.29. The molecule has 0 aliphatic heterocycles. The van der Waals surface area contributed by atoms with Gasteiger partial charge in [0.25, 0.3) is 0 Å². The summed E-state index contributed by atoms with van der Waals surface area (Å²) in [6.45, 7) is 0. The van der Waals surface area contributed by atoms with Crippen molar-refractivity contribution < 1.29 is 18.0 Å². The lowest BCUT2D eigenvalue weighted by Gasteiger charge is -2.03. The molecule has 72 valence electrons. The quantitative estimate of drug-likeness (QED) is 0.611. The van der Waals surface area contributed by atoms with E-state index in [-0.39, 0.29) is 9.09 Å². The number of alkyl halides is 3. The molecule has 0 radical (unpaired) electrons. The largest absolute Gasteiger partial charge is 0.471 e. The first-order chi connectivity index (χ1) is 5.89. The summed E-state index contributed by atoms with van der Waals surface area (Å²) in [6.07, 6.45) is -4.89. The molecule has 1 heterocycles. The second-order valence-electron chi connectivity index (χ2n) is 1.80. The monoisotopic (exact) mass is 246 g/mol. The van der Waals surface area contributed by atoms with Crippen molar-refractivity contribution in [1.29, 1.82) is 0 Å². The van der Waals surface area contributed by atoms with Gasteiger partial charge in [0.1, 0.15) is 0 Å². The van der Waals surface area contributed by atoms with E-state index in [1.54, 1.807) is 5.32 Å². The predicted octanol–water partition coefficient (Wildman–Crippen LogP) is 2.43.